The van der Waals surface area contributed by atoms with Crippen molar-refractivity contribution in [1.29, 1.82) is 5.26 Å². The number of anilines is 2. The van der Waals surface area contributed by atoms with Gasteiger partial charge >= 0.3 is 5.97 Å². The highest BCUT2D eigenvalue weighted by atomic mass is 32.1. The van der Waals surface area contributed by atoms with Gasteiger partial charge in [-0.1, -0.05) is 18.2 Å². The second-order valence-electron chi connectivity index (χ2n) is 7.81. The van der Waals surface area contributed by atoms with Gasteiger partial charge in [0.05, 0.1) is 23.1 Å². The molecular formula is C24H28N4O4S. The fraction of sp³-hybridized carbons (Fsp3) is 0.417. The van der Waals surface area contributed by atoms with Crippen LogP contribution in [0.25, 0.3) is 0 Å². The molecule has 9 heteroatoms. The summed E-state index contributed by atoms with van der Waals surface area (Å²) < 4.78 is 5.19. The Balaban J connectivity index is 1.77. The quantitative estimate of drug-likeness (QED) is 0.566. The third kappa shape index (κ3) is 6.18. The Hall–Kier alpha value is -3.22. The normalized spacial score (nSPS) is 14.3. The van der Waals surface area contributed by atoms with E-state index in [9.17, 15) is 14.4 Å². The average molecular weight is 469 g/mol. The van der Waals surface area contributed by atoms with Gasteiger partial charge in [-0.05, 0) is 57.5 Å². The fourth-order valence-corrected chi connectivity index (χ4v) is 4.91. The maximum Gasteiger partial charge on any atom is 0.341 e. The van der Waals surface area contributed by atoms with Crippen LogP contribution in [-0.4, -0.2) is 48.9 Å². The second-order valence-corrected chi connectivity index (χ2v) is 8.83. The van der Waals surface area contributed by atoms with Crippen molar-refractivity contribution in [2.24, 2.45) is 5.92 Å². The van der Waals surface area contributed by atoms with E-state index in [1.807, 2.05) is 18.2 Å². The highest BCUT2D eigenvalue weighted by Crippen LogP contribution is 2.35. The van der Waals surface area contributed by atoms with Crippen LogP contribution in [-0.2, 0) is 9.53 Å². The predicted molar refractivity (Wildman–Crippen MR) is 127 cm³/mol. The number of carbonyl (C=O) groups excluding carboxylic acids is 3. The number of hydrogen-bond donors (Lipinski definition) is 2. The number of amides is 2. The van der Waals surface area contributed by atoms with E-state index in [0.29, 0.717) is 46.9 Å². The summed E-state index contributed by atoms with van der Waals surface area (Å²) in [7, 11) is 0. The molecule has 0 radical (unpaired) electrons. The van der Waals surface area contributed by atoms with Crippen LogP contribution in [0, 0.1) is 24.2 Å². The van der Waals surface area contributed by atoms with Gasteiger partial charge in [-0.3, -0.25) is 9.59 Å². The molecule has 8 nitrogen and oxygen atoms in total. The molecule has 1 aliphatic heterocycles. The molecule has 174 valence electrons. The number of rotatable bonds is 8. The van der Waals surface area contributed by atoms with Crippen LogP contribution in [0.2, 0.25) is 0 Å². The van der Waals surface area contributed by atoms with E-state index < -0.39 is 5.97 Å². The first-order valence-corrected chi connectivity index (χ1v) is 11.8. The number of esters is 1. The summed E-state index contributed by atoms with van der Waals surface area (Å²) in [5.41, 5.74) is 1.34. The van der Waals surface area contributed by atoms with Crippen molar-refractivity contribution >= 4 is 39.8 Å². The lowest BCUT2D eigenvalue weighted by molar-refractivity contribution is -0.121. The Bertz CT molecular complexity index is 1040. The number of thiophene rings is 1. The van der Waals surface area contributed by atoms with Crippen LogP contribution in [0.15, 0.2) is 30.3 Å². The molecule has 2 N–H and O–H groups in total. The van der Waals surface area contributed by atoms with E-state index in [2.05, 4.69) is 21.6 Å². The summed E-state index contributed by atoms with van der Waals surface area (Å²) in [6.45, 7) is 5.79. The Labute approximate surface area is 197 Å². The summed E-state index contributed by atoms with van der Waals surface area (Å²) >= 11 is 1.08. The lowest BCUT2D eigenvalue weighted by atomic mass is 9.96. The number of nitrogens with zero attached hydrogens (tertiary/aromatic N) is 2. The number of piperidine rings is 1. The molecule has 1 aliphatic rings. The van der Waals surface area contributed by atoms with Crippen LogP contribution in [0.3, 0.4) is 0 Å². The smallest absolute Gasteiger partial charge is 0.341 e. The first-order valence-electron chi connectivity index (χ1n) is 11.0. The standard InChI is InChI=1S/C24H28N4O4S/c1-3-32-24(31)19-16(2)20(22(30)26-18-8-5-4-6-9-18)33-23(19)27-21(29)17-10-14-28(15-11-17)13-7-12-25/h4-6,8-9,17H,3,7,10-11,13-15H2,1-2H3,(H,26,30)(H,27,29). The van der Waals surface area contributed by atoms with E-state index in [-0.39, 0.29) is 29.9 Å². The van der Waals surface area contributed by atoms with Gasteiger partial charge in [0.2, 0.25) is 5.91 Å². The Morgan fingerprint density at radius 1 is 1.18 bits per heavy atom. The van der Waals surface area contributed by atoms with Gasteiger partial charge in [-0.2, -0.15) is 5.26 Å². The number of carbonyl (C=O) groups is 3. The molecule has 0 unspecified atom stereocenters. The van der Waals surface area contributed by atoms with Crippen molar-refractivity contribution in [2.75, 3.05) is 36.9 Å². The maximum absolute atomic E-state index is 13.0. The maximum atomic E-state index is 13.0. The second kappa shape index (κ2) is 11.6. The average Bonchev–Trinajstić information content (AvgIpc) is 3.14. The minimum Gasteiger partial charge on any atom is -0.462 e. The third-order valence-corrected chi connectivity index (χ3v) is 6.81. The Morgan fingerprint density at radius 3 is 2.52 bits per heavy atom. The minimum atomic E-state index is -0.563. The van der Waals surface area contributed by atoms with Gasteiger partial charge in [-0.15, -0.1) is 11.3 Å². The first kappa shape index (κ1) is 24.4. The number of hydrogen-bond acceptors (Lipinski definition) is 7. The number of nitrogens with one attached hydrogen (secondary N) is 2. The molecule has 0 aliphatic carbocycles. The molecule has 0 saturated carbocycles. The van der Waals surface area contributed by atoms with Crippen LogP contribution in [0.1, 0.15) is 51.8 Å². The summed E-state index contributed by atoms with van der Waals surface area (Å²) in [6, 6.07) is 11.2. The molecular weight excluding hydrogens is 440 g/mol. The molecule has 1 aromatic heterocycles. The minimum absolute atomic E-state index is 0.170. The summed E-state index contributed by atoms with van der Waals surface area (Å²) in [5, 5.41) is 14.8. The van der Waals surface area contributed by atoms with Gasteiger partial charge in [0, 0.05) is 24.6 Å². The Kier molecular flexibility index (Phi) is 8.58. The molecule has 2 heterocycles. The molecule has 0 atom stereocenters. The summed E-state index contributed by atoms with van der Waals surface area (Å²) in [5.74, 6) is -1.27. The van der Waals surface area contributed by atoms with Crippen molar-refractivity contribution in [3.05, 3.63) is 46.3 Å². The Morgan fingerprint density at radius 2 is 1.88 bits per heavy atom. The molecule has 1 fully saturated rings. The van der Waals surface area contributed by atoms with Gasteiger partial charge in [0.1, 0.15) is 5.00 Å². The zero-order valence-electron chi connectivity index (χ0n) is 18.8. The number of ether oxygens (including phenoxy) is 1. The number of likely N-dealkylation sites (tertiary alicyclic amines) is 1. The van der Waals surface area contributed by atoms with E-state index >= 15 is 0 Å². The van der Waals surface area contributed by atoms with Crippen molar-refractivity contribution in [2.45, 2.75) is 33.1 Å². The van der Waals surface area contributed by atoms with Crippen molar-refractivity contribution < 1.29 is 19.1 Å². The predicted octanol–water partition coefficient (Wildman–Crippen LogP) is 4.05. The third-order valence-electron chi connectivity index (χ3n) is 5.60. The zero-order chi connectivity index (χ0) is 23.8. The van der Waals surface area contributed by atoms with Crippen LogP contribution >= 0.6 is 11.3 Å². The van der Waals surface area contributed by atoms with Crippen molar-refractivity contribution in [3.8, 4) is 6.07 Å². The number of para-hydroxylation sites is 1. The van der Waals surface area contributed by atoms with E-state index in [4.69, 9.17) is 10.00 Å². The highest BCUT2D eigenvalue weighted by molar-refractivity contribution is 7.19. The molecule has 2 aromatic rings. The van der Waals surface area contributed by atoms with Crippen LogP contribution in [0.5, 0.6) is 0 Å². The van der Waals surface area contributed by atoms with E-state index in [1.165, 1.54) is 0 Å². The van der Waals surface area contributed by atoms with Crippen molar-refractivity contribution in [1.82, 2.24) is 4.90 Å². The summed E-state index contributed by atoms with van der Waals surface area (Å²) in [4.78, 5) is 41.1. The van der Waals surface area contributed by atoms with Crippen LogP contribution < -0.4 is 10.6 Å². The SMILES string of the molecule is CCOC(=O)c1c(NC(=O)C2CCN(CCC#N)CC2)sc(C(=O)Nc2ccccc2)c1C. The fourth-order valence-electron chi connectivity index (χ4n) is 3.82. The summed E-state index contributed by atoms with van der Waals surface area (Å²) in [6.07, 6.45) is 1.83. The molecule has 33 heavy (non-hydrogen) atoms. The van der Waals surface area contributed by atoms with Crippen LogP contribution in [0.4, 0.5) is 10.7 Å². The molecule has 0 bridgehead atoms. The number of benzene rings is 1. The van der Waals surface area contributed by atoms with Gasteiger partial charge in [0.25, 0.3) is 5.91 Å². The van der Waals surface area contributed by atoms with Gasteiger partial charge < -0.3 is 20.3 Å². The molecule has 0 spiro atoms. The van der Waals surface area contributed by atoms with Gasteiger partial charge in [-0.25, -0.2) is 4.79 Å². The molecule has 1 aromatic carbocycles. The lowest BCUT2D eigenvalue weighted by Gasteiger charge is -2.30. The highest BCUT2D eigenvalue weighted by Gasteiger charge is 2.30. The molecule has 1 saturated heterocycles. The number of nitriles is 1. The zero-order valence-corrected chi connectivity index (χ0v) is 19.7. The first-order chi connectivity index (χ1) is 15.9. The molecule has 3 rings (SSSR count). The topological polar surface area (TPSA) is 112 Å². The largest absolute Gasteiger partial charge is 0.462 e. The van der Waals surface area contributed by atoms with Gasteiger partial charge in [0.15, 0.2) is 0 Å². The lowest BCUT2D eigenvalue weighted by Crippen LogP contribution is -2.38. The van der Waals surface area contributed by atoms with E-state index in [0.717, 1.165) is 24.4 Å². The van der Waals surface area contributed by atoms with E-state index in [1.54, 1.807) is 26.0 Å². The molecule has 2 amide bonds. The van der Waals surface area contributed by atoms with Crippen molar-refractivity contribution in [3.63, 3.8) is 0 Å². The monoisotopic (exact) mass is 468 g/mol.